The molecule has 0 spiro atoms. The summed E-state index contributed by atoms with van der Waals surface area (Å²) in [7, 11) is 1.64. The lowest BCUT2D eigenvalue weighted by molar-refractivity contribution is 0.101. The molecule has 0 amide bonds. The number of nitrogens with zero attached hydrogens (tertiary/aromatic N) is 3. The normalized spacial score (nSPS) is 10.8. The van der Waals surface area contributed by atoms with Crippen molar-refractivity contribution in [2.75, 3.05) is 7.11 Å². The fourth-order valence-electron chi connectivity index (χ4n) is 2.99. The van der Waals surface area contributed by atoms with Crippen molar-refractivity contribution in [1.29, 1.82) is 0 Å². The maximum Gasteiger partial charge on any atom is 0.196 e. The van der Waals surface area contributed by atoms with Crippen molar-refractivity contribution < 1.29 is 9.53 Å². The van der Waals surface area contributed by atoms with E-state index in [1.54, 1.807) is 43.2 Å². The number of Topliss-reactive ketones (excluding diaryl/α,β-unsaturated/α-hetero) is 1. The van der Waals surface area contributed by atoms with Crippen molar-refractivity contribution in [3.8, 4) is 22.1 Å². The van der Waals surface area contributed by atoms with E-state index >= 15 is 0 Å². The Morgan fingerprint density at radius 2 is 1.93 bits per heavy atom. The smallest absolute Gasteiger partial charge is 0.196 e. The maximum absolute atomic E-state index is 11.8. The molecule has 0 radical (unpaired) electrons. The van der Waals surface area contributed by atoms with Crippen molar-refractivity contribution in [2.24, 2.45) is 0 Å². The number of carbonyl (C=O) groups is 1. The number of ketones is 1. The predicted molar refractivity (Wildman–Crippen MR) is 117 cm³/mol. The first-order valence-corrected chi connectivity index (χ1v) is 10.9. The van der Waals surface area contributed by atoms with Gasteiger partial charge in [0.15, 0.2) is 16.8 Å². The van der Waals surface area contributed by atoms with Crippen molar-refractivity contribution in [2.45, 2.75) is 17.8 Å². The van der Waals surface area contributed by atoms with Crippen molar-refractivity contribution in [1.82, 2.24) is 14.8 Å². The van der Waals surface area contributed by atoms with E-state index < -0.39 is 0 Å². The van der Waals surface area contributed by atoms with Crippen LogP contribution in [-0.2, 0) is 5.75 Å². The molecule has 2 aromatic carbocycles. The molecule has 29 heavy (non-hydrogen) atoms. The molecule has 2 aromatic heterocycles. The molecule has 0 aliphatic heterocycles. The molecular formula is C22H19N3O2S2. The van der Waals surface area contributed by atoms with Gasteiger partial charge in [-0.3, -0.25) is 9.36 Å². The summed E-state index contributed by atoms with van der Waals surface area (Å²) in [5.74, 6) is 2.22. The van der Waals surface area contributed by atoms with Gasteiger partial charge in [-0.1, -0.05) is 36.0 Å². The molecule has 0 fully saturated rings. The van der Waals surface area contributed by atoms with E-state index in [4.69, 9.17) is 4.74 Å². The average molecular weight is 422 g/mol. The largest absolute Gasteiger partial charge is 0.496 e. The number of hydrogen-bond acceptors (Lipinski definition) is 6. The third-order valence-corrected chi connectivity index (χ3v) is 6.28. The number of aromatic nitrogens is 3. The van der Waals surface area contributed by atoms with Gasteiger partial charge in [0.2, 0.25) is 0 Å². The number of benzene rings is 2. The Bertz CT molecular complexity index is 1120. The van der Waals surface area contributed by atoms with Gasteiger partial charge in [0, 0.05) is 22.6 Å². The highest BCUT2D eigenvalue weighted by Gasteiger charge is 2.18. The Balaban J connectivity index is 1.70. The van der Waals surface area contributed by atoms with Crippen LogP contribution in [0.2, 0.25) is 0 Å². The number of para-hydroxylation sites is 1. The highest BCUT2D eigenvalue weighted by molar-refractivity contribution is 7.98. The molecule has 2 heterocycles. The maximum atomic E-state index is 11.8. The minimum atomic E-state index is 0.0336. The summed E-state index contributed by atoms with van der Waals surface area (Å²) in [6.07, 6.45) is 0. The fraction of sp³-hybridized carbons (Fsp3) is 0.136. The summed E-state index contributed by atoms with van der Waals surface area (Å²) in [6.45, 7) is 1.57. The number of ether oxygens (including phenoxy) is 1. The second-order valence-corrected chi connectivity index (χ2v) is 8.22. The van der Waals surface area contributed by atoms with Crippen LogP contribution in [0.15, 0.2) is 71.2 Å². The molecule has 0 unspecified atom stereocenters. The van der Waals surface area contributed by atoms with Crippen LogP contribution < -0.4 is 4.74 Å². The van der Waals surface area contributed by atoms with E-state index in [0.717, 1.165) is 32.9 Å². The summed E-state index contributed by atoms with van der Waals surface area (Å²) in [4.78, 5) is 12.8. The highest BCUT2D eigenvalue weighted by atomic mass is 32.2. The van der Waals surface area contributed by atoms with Crippen LogP contribution in [0.4, 0.5) is 0 Å². The third kappa shape index (κ3) is 4.11. The van der Waals surface area contributed by atoms with E-state index in [2.05, 4.69) is 14.8 Å². The van der Waals surface area contributed by atoms with Gasteiger partial charge in [0.25, 0.3) is 0 Å². The minimum absolute atomic E-state index is 0.0336. The first-order valence-electron chi connectivity index (χ1n) is 9.02. The lowest BCUT2D eigenvalue weighted by Crippen LogP contribution is -2.00. The third-order valence-electron chi connectivity index (χ3n) is 4.43. The topological polar surface area (TPSA) is 57.0 Å². The van der Waals surface area contributed by atoms with E-state index in [-0.39, 0.29) is 5.78 Å². The summed E-state index contributed by atoms with van der Waals surface area (Å²) >= 11 is 3.20. The summed E-state index contributed by atoms with van der Waals surface area (Å²) in [5, 5.41) is 11.7. The molecule has 0 bridgehead atoms. The number of rotatable bonds is 7. The van der Waals surface area contributed by atoms with Crippen LogP contribution in [0.1, 0.15) is 22.8 Å². The SMILES string of the molecule is COc1ccc(C(C)=O)cc1CSc1nnc(-c2cccs2)n1-c1ccccc1. The van der Waals surface area contributed by atoms with Gasteiger partial charge in [-0.25, -0.2) is 0 Å². The Morgan fingerprint density at radius 3 is 2.62 bits per heavy atom. The van der Waals surface area contributed by atoms with Crippen LogP contribution in [0.3, 0.4) is 0 Å². The molecule has 0 aliphatic carbocycles. The zero-order valence-corrected chi connectivity index (χ0v) is 17.7. The molecule has 0 N–H and O–H groups in total. The summed E-state index contributed by atoms with van der Waals surface area (Å²) in [5.41, 5.74) is 2.63. The second-order valence-electron chi connectivity index (χ2n) is 6.33. The highest BCUT2D eigenvalue weighted by Crippen LogP contribution is 2.33. The molecular weight excluding hydrogens is 402 g/mol. The summed E-state index contributed by atoms with van der Waals surface area (Å²) in [6, 6.07) is 19.6. The number of thiophene rings is 1. The van der Waals surface area contributed by atoms with Gasteiger partial charge < -0.3 is 4.74 Å². The Morgan fingerprint density at radius 1 is 1.10 bits per heavy atom. The van der Waals surface area contributed by atoms with Crippen molar-refractivity contribution in [3.05, 3.63) is 77.2 Å². The van der Waals surface area contributed by atoms with Crippen molar-refractivity contribution in [3.63, 3.8) is 0 Å². The first kappa shape index (κ1) is 19.4. The summed E-state index contributed by atoms with van der Waals surface area (Å²) < 4.78 is 7.55. The van der Waals surface area contributed by atoms with E-state index in [9.17, 15) is 4.79 Å². The number of methoxy groups -OCH3 is 1. The molecule has 0 saturated carbocycles. The van der Waals surface area contributed by atoms with Gasteiger partial charge in [0.1, 0.15) is 5.75 Å². The molecule has 146 valence electrons. The van der Waals surface area contributed by atoms with Gasteiger partial charge in [-0.2, -0.15) is 0 Å². The standard InChI is InChI=1S/C22H19N3O2S2/c1-15(26)16-10-11-19(27-2)17(13-16)14-29-22-24-23-21(20-9-6-12-28-20)25(22)18-7-4-3-5-8-18/h3-13H,14H2,1-2H3. The molecule has 0 saturated heterocycles. The molecule has 0 aliphatic rings. The second kappa shape index (κ2) is 8.63. The monoisotopic (exact) mass is 421 g/mol. The first-order chi connectivity index (χ1) is 14.2. The van der Waals surface area contributed by atoms with Gasteiger partial charge in [0.05, 0.1) is 12.0 Å². The van der Waals surface area contributed by atoms with Crippen LogP contribution in [0.5, 0.6) is 5.75 Å². The van der Waals surface area contributed by atoms with Crippen LogP contribution in [0.25, 0.3) is 16.4 Å². The quantitative estimate of drug-likeness (QED) is 0.291. The molecule has 7 heteroatoms. The lowest BCUT2D eigenvalue weighted by atomic mass is 10.1. The molecule has 0 atom stereocenters. The number of hydrogen-bond donors (Lipinski definition) is 0. The Hall–Kier alpha value is -2.90. The predicted octanol–water partition coefficient (Wildman–Crippen LogP) is 5.50. The zero-order chi connectivity index (χ0) is 20.2. The van der Waals surface area contributed by atoms with E-state index in [0.29, 0.717) is 11.3 Å². The van der Waals surface area contributed by atoms with Crippen LogP contribution in [0, 0.1) is 0 Å². The average Bonchev–Trinajstić information content (AvgIpc) is 3.42. The number of carbonyl (C=O) groups excluding carboxylic acids is 1. The van der Waals surface area contributed by atoms with E-state index in [1.165, 1.54) is 0 Å². The van der Waals surface area contributed by atoms with Gasteiger partial charge in [-0.15, -0.1) is 21.5 Å². The zero-order valence-electron chi connectivity index (χ0n) is 16.0. The fourth-order valence-corrected chi connectivity index (χ4v) is 4.62. The van der Waals surface area contributed by atoms with Crippen molar-refractivity contribution >= 4 is 28.9 Å². The molecule has 5 nitrogen and oxygen atoms in total. The Labute approximate surface area is 177 Å². The lowest BCUT2D eigenvalue weighted by Gasteiger charge is -2.11. The van der Waals surface area contributed by atoms with Crippen LogP contribution >= 0.6 is 23.1 Å². The Kier molecular flexibility index (Phi) is 5.78. The minimum Gasteiger partial charge on any atom is -0.496 e. The van der Waals surface area contributed by atoms with Gasteiger partial charge in [-0.05, 0) is 48.7 Å². The molecule has 4 rings (SSSR count). The van der Waals surface area contributed by atoms with E-state index in [1.807, 2.05) is 60.0 Å². The van der Waals surface area contributed by atoms with Gasteiger partial charge >= 0.3 is 0 Å². The number of thioether (sulfide) groups is 1. The molecule has 4 aromatic rings. The van der Waals surface area contributed by atoms with Crippen LogP contribution in [-0.4, -0.2) is 27.7 Å².